The molecule has 1 heterocycles. The lowest BCUT2D eigenvalue weighted by molar-refractivity contribution is 0.0703. The number of benzene rings is 3. The number of hydrogen-bond donors (Lipinski definition) is 1. The van der Waals surface area contributed by atoms with Crippen LogP contribution >= 0.6 is 0 Å². The largest absolute Gasteiger partial charge is 0.489 e. The summed E-state index contributed by atoms with van der Waals surface area (Å²) in [4.78, 5) is 15.3. The van der Waals surface area contributed by atoms with E-state index in [1.54, 1.807) is 6.07 Å². The number of amides is 1. The number of carbonyl (C=O) groups is 1. The Labute approximate surface area is 230 Å². The molecule has 3 fully saturated rings. The van der Waals surface area contributed by atoms with Gasteiger partial charge in [0.15, 0.2) is 0 Å². The summed E-state index contributed by atoms with van der Waals surface area (Å²) in [6, 6.07) is 24.1. The summed E-state index contributed by atoms with van der Waals surface area (Å²) in [6.07, 6.45) is 5.28. The molecule has 1 unspecified atom stereocenters. The van der Waals surface area contributed by atoms with E-state index in [9.17, 15) is 9.00 Å². The Hall–Kier alpha value is -3.16. The van der Waals surface area contributed by atoms with Gasteiger partial charge in [0.1, 0.15) is 17.7 Å². The van der Waals surface area contributed by atoms with Gasteiger partial charge in [-0.3, -0.25) is 14.4 Å². The van der Waals surface area contributed by atoms with Crippen LogP contribution in [0, 0.1) is 5.82 Å². The Kier molecular flexibility index (Phi) is 7.21. The van der Waals surface area contributed by atoms with Crippen LogP contribution in [0.4, 0.5) is 4.39 Å². The van der Waals surface area contributed by atoms with E-state index < -0.39 is 21.4 Å². The Morgan fingerprint density at radius 2 is 1.62 bits per heavy atom. The van der Waals surface area contributed by atoms with Gasteiger partial charge >= 0.3 is 0 Å². The molecule has 1 amide bonds. The summed E-state index contributed by atoms with van der Waals surface area (Å²) in [6.45, 7) is 1.66. The second-order valence-corrected chi connectivity index (χ2v) is 13.4. The molecule has 3 aliphatic rings. The van der Waals surface area contributed by atoms with E-state index in [4.69, 9.17) is 4.74 Å². The Bertz CT molecular complexity index is 1400. The zero-order chi connectivity index (χ0) is 27.0. The van der Waals surface area contributed by atoms with Crippen LogP contribution in [0.2, 0.25) is 0 Å². The topological polar surface area (TPSA) is 58.6 Å². The van der Waals surface area contributed by atoms with Gasteiger partial charge in [0, 0.05) is 17.9 Å². The molecule has 3 aromatic carbocycles. The second-order valence-electron chi connectivity index (χ2n) is 11.1. The number of halogens is 1. The van der Waals surface area contributed by atoms with Gasteiger partial charge in [0.05, 0.1) is 21.3 Å². The predicted octanol–water partition coefficient (Wildman–Crippen LogP) is 5.86. The third-order valence-electron chi connectivity index (χ3n) is 7.99. The first-order valence-electron chi connectivity index (χ1n) is 13.9. The molecule has 39 heavy (non-hydrogen) atoms. The molecule has 2 aliphatic carbocycles. The van der Waals surface area contributed by atoms with Gasteiger partial charge < -0.3 is 4.74 Å². The highest BCUT2D eigenvalue weighted by Crippen LogP contribution is 2.46. The Balaban J connectivity index is 1.23. The van der Waals surface area contributed by atoms with Crippen LogP contribution in [-0.4, -0.2) is 45.3 Å². The molecule has 5 nitrogen and oxygen atoms in total. The fraction of sp³-hybridized carbons (Fsp3) is 0.375. The quantitative estimate of drug-likeness (QED) is 0.342. The zero-order valence-corrected chi connectivity index (χ0v) is 22.9. The van der Waals surface area contributed by atoms with Crippen molar-refractivity contribution in [2.24, 2.45) is 0 Å². The van der Waals surface area contributed by atoms with Gasteiger partial charge in [-0.15, -0.1) is 0 Å². The minimum Gasteiger partial charge on any atom is -0.489 e. The molecular weight excluding hydrogens is 511 g/mol. The number of piperidine rings is 1. The molecule has 2 saturated carbocycles. The number of ether oxygens (including phenoxy) is 1. The average molecular weight is 547 g/mol. The van der Waals surface area contributed by atoms with E-state index in [2.05, 4.69) is 64.0 Å². The lowest BCUT2D eigenvalue weighted by Crippen LogP contribution is -2.43. The molecule has 2 atom stereocenters. The Morgan fingerprint density at radius 3 is 2.21 bits per heavy atom. The van der Waals surface area contributed by atoms with Crippen molar-refractivity contribution in [1.82, 2.24) is 9.62 Å². The first-order chi connectivity index (χ1) is 18.9. The van der Waals surface area contributed by atoms with E-state index >= 15 is 4.39 Å². The number of likely N-dealkylation sites (tertiary alicyclic amines) is 1. The minimum absolute atomic E-state index is 0.0836. The second kappa shape index (κ2) is 10.8. The fourth-order valence-electron chi connectivity index (χ4n) is 5.67. The molecule has 1 N–H and O–H groups in total. The molecular formula is C32H35FN2O3S. The summed E-state index contributed by atoms with van der Waals surface area (Å²) in [5, 5.41) is -0.111. The lowest BCUT2D eigenvalue weighted by Gasteiger charge is -2.39. The summed E-state index contributed by atoms with van der Waals surface area (Å²) in [5.74, 6) is 3.15. The van der Waals surface area contributed by atoms with Crippen LogP contribution in [0.3, 0.4) is 0 Å². The first-order valence-corrected chi connectivity index (χ1v) is 15.7. The minimum atomic E-state index is -2.76. The molecule has 1 aliphatic heterocycles. The predicted molar refractivity (Wildman–Crippen MR) is 154 cm³/mol. The molecule has 0 aromatic heterocycles. The number of nitrogens with one attached hydrogen (secondary N) is 1. The van der Waals surface area contributed by atoms with E-state index in [-0.39, 0.29) is 28.9 Å². The van der Waals surface area contributed by atoms with E-state index in [1.165, 1.54) is 17.2 Å². The molecule has 0 radical (unpaired) electrons. The van der Waals surface area contributed by atoms with Crippen molar-refractivity contribution in [3.8, 4) is 5.75 Å². The number of nitrogens with zero attached hydrogens (tertiary/aromatic N) is 1. The average Bonchev–Trinajstić information content (AvgIpc) is 3.83. The number of hydrogen-bond acceptors (Lipinski definition) is 4. The van der Waals surface area contributed by atoms with Crippen LogP contribution in [0.15, 0.2) is 72.8 Å². The maximum atomic E-state index is 15.3. The van der Waals surface area contributed by atoms with Crippen molar-refractivity contribution in [2.45, 2.75) is 61.8 Å². The van der Waals surface area contributed by atoms with E-state index in [0.717, 1.165) is 50.6 Å². The molecule has 7 heteroatoms. The molecule has 1 saturated heterocycles. The Morgan fingerprint density at radius 1 is 0.974 bits per heavy atom. The smallest absolute Gasteiger partial charge is 0.265 e. The third kappa shape index (κ3) is 5.89. The van der Waals surface area contributed by atoms with Crippen molar-refractivity contribution in [3.05, 3.63) is 101 Å². The summed E-state index contributed by atoms with van der Waals surface area (Å²) < 4.78 is 37.0. The van der Waals surface area contributed by atoms with Gasteiger partial charge in [0.2, 0.25) is 0 Å². The van der Waals surface area contributed by atoms with Crippen LogP contribution in [0.1, 0.15) is 77.5 Å². The molecule has 0 spiro atoms. The maximum absolute atomic E-state index is 15.3. The van der Waals surface area contributed by atoms with Crippen molar-refractivity contribution < 1.29 is 18.1 Å². The highest BCUT2D eigenvalue weighted by molar-refractivity contribution is 7.99. The van der Waals surface area contributed by atoms with Crippen molar-refractivity contribution in [1.29, 1.82) is 0 Å². The van der Waals surface area contributed by atoms with Crippen LogP contribution in [0.25, 0.3) is 0 Å². The third-order valence-corrected chi connectivity index (χ3v) is 10.1. The van der Waals surface area contributed by atoms with Gasteiger partial charge in [0.25, 0.3) is 5.91 Å². The zero-order valence-electron chi connectivity index (χ0n) is 22.1. The van der Waals surface area contributed by atoms with Crippen molar-refractivity contribution >= 4 is 21.5 Å². The van der Waals surface area contributed by atoms with Gasteiger partial charge in [-0.1, -0.05) is 60.7 Å². The first kappa shape index (κ1) is 26.1. The normalized spacial score (nSPS) is 21.3. The van der Waals surface area contributed by atoms with Gasteiger partial charge in [-0.05, 0) is 79.6 Å². The number of carbonyl (C=O) groups excluding carboxylic acids is 1. The van der Waals surface area contributed by atoms with Crippen LogP contribution < -0.4 is 9.46 Å². The molecule has 0 bridgehead atoms. The fourth-order valence-corrected chi connectivity index (χ4v) is 7.15. The van der Waals surface area contributed by atoms with E-state index in [0.29, 0.717) is 12.3 Å². The lowest BCUT2D eigenvalue weighted by atomic mass is 9.94. The maximum Gasteiger partial charge on any atom is 0.265 e. The summed E-state index contributed by atoms with van der Waals surface area (Å²) in [5.41, 5.74) is 3.25. The van der Waals surface area contributed by atoms with Crippen LogP contribution in [-0.2, 0) is 9.71 Å². The van der Waals surface area contributed by atoms with Crippen molar-refractivity contribution in [3.63, 3.8) is 0 Å². The van der Waals surface area contributed by atoms with Gasteiger partial charge in [-0.2, -0.15) is 0 Å². The van der Waals surface area contributed by atoms with Crippen LogP contribution in [0.5, 0.6) is 5.75 Å². The molecule has 3 aromatic rings. The molecule has 204 valence electrons. The standard InChI is InChI=1S/C32H35FN2O3S/c1-39(37,26-16-17-26)34-32(36)28-19-27(22-14-15-22)30(20-29(28)33)38-25-13-8-18-35(21-25)31(23-9-4-2-5-10-23)24-11-6-3-7-12-24/h2-7,9-12,19-20,22,25-26,31H,1,8,13-18,21H2,(H,34,36,37)/t25-,39?/m1/s1. The number of rotatable bonds is 9. The highest BCUT2D eigenvalue weighted by atomic mass is 32.2. The summed E-state index contributed by atoms with van der Waals surface area (Å²) >= 11 is 0. The SMILES string of the molecule is C=S(=O)(NC(=O)c1cc(C2CC2)c(O[C@@H]2CCCN(C(c3ccccc3)c3ccccc3)C2)cc1F)C1CC1. The van der Waals surface area contributed by atoms with Gasteiger partial charge in [-0.25, -0.2) is 8.60 Å². The van der Waals surface area contributed by atoms with Crippen molar-refractivity contribution in [2.75, 3.05) is 13.1 Å². The monoisotopic (exact) mass is 546 g/mol. The highest BCUT2D eigenvalue weighted by Gasteiger charge is 2.35. The summed E-state index contributed by atoms with van der Waals surface area (Å²) in [7, 11) is -2.76. The molecule has 6 rings (SSSR count). The van der Waals surface area contributed by atoms with E-state index in [1.807, 2.05) is 12.1 Å².